The lowest BCUT2D eigenvalue weighted by molar-refractivity contribution is 0.151. The van der Waals surface area contributed by atoms with Crippen molar-refractivity contribution in [2.24, 2.45) is 0 Å². The summed E-state index contributed by atoms with van der Waals surface area (Å²) in [7, 11) is 0. The summed E-state index contributed by atoms with van der Waals surface area (Å²) in [4.78, 5) is 0. The van der Waals surface area contributed by atoms with Crippen molar-refractivity contribution in [2.75, 3.05) is 6.61 Å². The van der Waals surface area contributed by atoms with E-state index in [4.69, 9.17) is 4.74 Å². The van der Waals surface area contributed by atoms with Gasteiger partial charge in [0.1, 0.15) is 5.75 Å². The zero-order valence-corrected chi connectivity index (χ0v) is 12.2. The van der Waals surface area contributed by atoms with Crippen LogP contribution in [0.25, 0.3) is 5.57 Å². The van der Waals surface area contributed by atoms with Gasteiger partial charge in [0.05, 0.1) is 6.61 Å². The van der Waals surface area contributed by atoms with Crippen LogP contribution in [0.5, 0.6) is 5.75 Å². The number of allylic oxidation sites excluding steroid dienone is 4. The Morgan fingerprint density at radius 1 is 1.20 bits per heavy atom. The molecular formula is C17H20F2O. The van der Waals surface area contributed by atoms with Crippen molar-refractivity contribution in [3.8, 4) is 5.75 Å². The van der Waals surface area contributed by atoms with E-state index in [-0.39, 0.29) is 5.56 Å². The number of ether oxygens (including phenoxy) is 1. The Labute approximate surface area is 119 Å². The lowest BCUT2D eigenvalue weighted by Crippen LogP contribution is -2.01. The third-order valence-corrected chi connectivity index (χ3v) is 3.59. The molecule has 1 aromatic rings. The minimum atomic E-state index is -2.46. The Hall–Kier alpha value is -1.64. The molecule has 1 aliphatic carbocycles. The van der Waals surface area contributed by atoms with E-state index in [1.54, 1.807) is 12.1 Å². The summed E-state index contributed by atoms with van der Waals surface area (Å²) in [6, 6.07) is 4.65. The second-order valence-electron chi connectivity index (χ2n) is 5.17. The van der Waals surface area contributed by atoms with Gasteiger partial charge in [-0.15, -0.1) is 0 Å². The third-order valence-electron chi connectivity index (χ3n) is 3.59. The average Bonchev–Trinajstić information content (AvgIpc) is 2.42. The maximum Gasteiger partial charge on any atom is 0.263 e. The first-order valence-electron chi connectivity index (χ1n) is 6.95. The molecule has 1 aromatic carbocycles. The van der Waals surface area contributed by atoms with Gasteiger partial charge < -0.3 is 4.74 Å². The van der Waals surface area contributed by atoms with Crippen molar-refractivity contribution in [1.29, 1.82) is 0 Å². The minimum absolute atomic E-state index is 0.0420. The van der Waals surface area contributed by atoms with Gasteiger partial charge in [-0.3, -0.25) is 0 Å². The van der Waals surface area contributed by atoms with Crippen LogP contribution < -0.4 is 4.74 Å². The van der Waals surface area contributed by atoms with Crippen molar-refractivity contribution in [3.63, 3.8) is 0 Å². The highest BCUT2D eigenvalue weighted by molar-refractivity contribution is 5.81. The minimum Gasteiger partial charge on any atom is -0.493 e. The molecule has 0 saturated heterocycles. The summed E-state index contributed by atoms with van der Waals surface area (Å²) in [6.07, 6.45) is 1.64. The van der Waals surface area contributed by atoms with E-state index in [0.717, 1.165) is 24.0 Å². The lowest BCUT2D eigenvalue weighted by atomic mass is 9.89. The van der Waals surface area contributed by atoms with Crippen LogP contribution in [0.15, 0.2) is 35.4 Å². The van der Waals surface area contributed by atoms with Crippen LogP contribution in [0.2, 0.25) is 0 Å². The first-order valence-corrected chi connectivity index (χ1v) is 6.95. The fraction of sp³-hybridized carbons (Fsp3) is 0.412. The molecular weight excluding hydrogens is 258 g/mol. The number of benzene rings is 1. The highest BCUT2D eigenvalue weighted by Crippen LogP contribution is 2.37. The van der Waals surface area contributed by atoms with Gasteiger partial charge in [-0.1, -0.05) is 17.2 Å². The van der Waals surface area contributed by atoms with Gasteiger partial charge in [-0.25, -0.2) is 8.78 Å². The van der Waals surface area contributed by atoms with E-state index in [1.165, 1.54) is 17.2 Å². The number of rotatable bonds is 4. The fourth-order valence-electron chi connectivity index (χ4n) is 2.44. The van der Waals surface area contributed by atoms with Crippen molar-refractivity contribution in [3.05, 3.63) is 46.5 Å². The van der Waals surface area contributed by atoms with Crippen LogP contribution in [-0.4, -0.2) is 6.61 Å². The smallest absolute Gasteiger partial charge is 0.263 e. The molecule has 1 aliphatic rings. The molecule has 0 aliphatic heterocycles. The molecule has 0 bridgehead atoms. The zero-order valence-electron chi connectivity index (χ0n) is 12.2. The molecule has 0 heterocycles. The molecule has 20 heavy (non-hydrogen) atoms. The van der Waals surface area contributed by atoms with Gasteiger partial charge in [0.2, 0.25) is 0 Å². The third kappa shape index (κ3) is 3.09. The van der Waals surface area contributed by atoms with E-state index in [9.17, 15) is 8.78 Å². The second-order valence-corrected chi connectivity index (χ2v) is 5.17. The van der Waals surface area contributed by atoms with Gasteiger partial charge in [0, 0.05) is 11.1 Å². The van der Waals surface area contributed by atoms with E-state index in [1.807, 2.05) is 6.92 Å². The molecule has 0 radical (unpaired) electrons. The predicted molar refractivity (Wildman–Crippen MR) is 78.2 cm³/mol. The van der Waals surface area contributed by atoms with Crippen molar-refractivity contribution in [2.45, 2.75) is 40.0 Å². The summed E-state index contributed by atoms with van der Waals surface area (Å²) in [5, 5.41) is 0. The molecule has 0 fully saturated rings. The highest BCUT2D eigenvalue weighted by Gasteiger charge is 2.17. The largest absolute Gasteiger partial charge is 0.493 e. The molecule has 0 amide bonds. The van der Waals surface area contributed by atoms with Gasteiger partial charge in [0.25, 0.3) is 6.43 Å². The molecule has 0 saturated carbocycles. The van der Waals surface area contributed by atoms with Gasteiger partial charge >= 0.3 is 0 Å². The molecule has 0 atom stereocenters. The van der Waals surface area contributed by atoms with Gasteiger partial charge in [-0.2, -0.15) is 0 Å². The lowest BCUT2D eigenvalue weighted by Gasteiger charge is -2.19. The standard InChI is InChI=1S/C17H20F2O/c1-4-20-16-8-7-13(17(18)19)10-15(16)14-9-11(2)5-6-12(14)3/h7-10,17H,4-6H2,1-3H3. The molecule has 0 aromatic heterocycles. The average molecular weight is 278 g/mol. The molecule has 1 nitrogen and oxygen atoms in total. The predicted octanol–water partition coefficient (Wildman–Crippen LogP) is 5.54. The maximum absolute atomic E-state index is 12.9. The topological polar surface area (TPSA) is 9.23 Å². The van der Waals surface area contributed by atoms with Crippen LogP contribution in [0.4, 0.5) is 8.78 Å². The first kappa shape index (κ1) is 14.8. The van der Waals surface area contributed by atoms with Crippen LogP contribution >= 0.6 is 0 Å². The summed E-state index contributed by atoms with van der Waals surface area (Å²) in [5.74, 6) is 0.678. The van der Waals surface area contributed by atoms with Crippen molar-refractivity contribution >= 4 is 5.57 Å². The van der Waals surface area contributed by atoms with Gasteiger partial charge in [0.15, 0.2) is 0 Å². The molecule has 2 rings (SSSR count). The Kier molecular flexibility index (Phi) is 4.58. The van der Waals surface area contributed by atoms with E-state index < -0.39 is 6.43 Å². The Morgan fingerprint density at radius 3 is 2.60 bits per heavy atom. The molecule has 0 spiro atoms. The number of hydrogen-bond acceptors (Lipinski definition) is 1. The Morgan fingerprint density at radius 2 is 1.95 bits per heavy atom. The van der Waals surface area contributed by atoms with E-state index >= 15 is 0 Å². The quantitative estimate of drug-likeness (QED) is 0.703. The van der Waals surface area contributed by atoms with Crippen LogP contribution in [0, 0.1) is 0 Å². The number of hydrogen-bond donors (Lipinski definition) is 0. The molecule has 3 heteroatoms. The first-order chi connectivity index (χ1) is 9.52. The molecule has 108 valence electrons. The Bertz CT molecular complexity index is 556. The molecule has 0 unspecified atom stereocenters. The maximum atomic E-state index is 12.9. The number of alkyl halides is 2. The van der Waals surface area contributed by atoms with Crippen molar-refractivity contribution < 1.29 is 13.5 Å². The monoisotopic (exact) mass is 278 g/mol. The van der Waals surface area contributed by atoms with E-state index in [0.29, 0.717) is 12.4 Å². The zero-order chi connectivity index (χ0) is 14.7. The summed E-state index contributed by atoms with van der Waals surface area (Å²) >= 11 is 0. The summed E-state index contributed by atoms with van der Waals surface area (Å²) < 4.78 is 31.5. The normalized spacial score (nSPS) is 15.6. The van der Waals surface area contributed by atoms with Crippen LogP contribution in [0.1, 0.15) is 51.2 Å². The summed E-state index contributed by atoms with van der Waals surface area (Å²) in [6.45, 7) is 6.55. The van der Waals surface area contributed by atoms with Crippen LogP contribution in [-0.2, 0) is 0 Å². The fourth-order valence-corrected chi connectivity index (χ4v) is 2.44. The van der Waals surface area contributed by atoms with Gasteiger partial charge in [-0.05, 0) is 57.4 Å². The second kappa shape index (κ2) is 6.21. The van der Waals surface area contributed by atoms with Crippen LogP contribution in [0.3, 0.4) is 0 Å². The summed E-state index contributed by atoms with van der Waals surface area (Å²) in [5.41, 5.74) is 4.35. The van der Waals surface area contributed by atoms with Crippen molar-refractivity contribution in [1.82, 2.24) is 0 Å². The Balaban J connectivity index is 2.55. The van der Waals surface area contributed by atoms with E-state index in [2.05, 4.69) is 19.9 Å². The molecule has 0 N–H and O–H groups in total. The number of halogens is 2. The SMILES string of the molecule is CCOc1ccc(C(F)F)cc1C1=C(C)CCC(C)=C1. The highest BCUT2D eigenvalue weighted by atomic mass is 19.3.